The molecule has 0 bridgehead atoms. The minimum Gasteiger partial charge on any atom is -0.467 e. The lowest BCUT2D eigenvalue weighted by Crippen LogP contribution is -2.49. The van der Waals surface area contributed by atoms with Crippen LogP contribution in [0.2, 0.25) is 0 Å². The second kappa shape index (κ2) is 14.4. The molecule has 2 fully saturated rings. The number of aromatic nitrogens is 3. The normalized spacial score (nSPS) is 16.5. The van der Waals surface area contributed by atoms with Crippen LogP contribution in [0.15, 0.2) is 49.3 Å². The molecule has 2 aromatic heterocycles. The number of methoxy groups -OCH3 is 1. The van der Waals surface area contributed by atoms with Crippen molar-refractivity contribution in [1.82, 2.24) is 24.8 Å². The third kappa shape index (κ3) is 7.30. The summed E-state index contributed by atoms with van der Waals surface area (Å²) in [6.45, 7) is 12.0. The Hall–Kier alpha value is -4.23. The number of ether oxygens (including phenoxy) is 1. The van der Waals surface area contributed by atoms with E-state index in [1.165, 1.54) is 49.9 Å². The van der Waals surface area contributed by atoms with Gasteiger partial charge in [0.25, 0.3) is 0 Å². The van der Waals surface area contributed by atoms with E-state index in [0.29, 0.717) is 25.6 Å². The van der Waals surface area contributed by atoms with E-state index in [1.807, 2.05) is 23.4 Å². The van der Waals surface area contributed by atoms with Crippen LogP contribution in [0.5, 0.6) is 6.01 Å². The van der Waals surface area contributed by atoms with E-state index in [1.54, 1.807) is 13.2 Å². The van der Waals surface area contributed by atoms with Crippen molar-refractivity contribution < 1.29 is 9.53 Å². The molecule has 0 aliphatic carbocycles. The first kappa shape index (κ1) is 29.7. The number of pyridine rings is 1. The first-order chi connectivity index (χ1) is 20.0. The number of carbonyl (C=O) groups excluding carboxylic acids is 1. The van der Waals surface area contributed by atoms with Gasteiger partial charge in [0.2, 0.25) is 5.91 Å². The summed E-state index contributed by atoms with van der Waals surface area (Å²) in [4.78, 5) is 34.5. The minimum absolute atomic E-state index is 0.0211. The lowest BCUT2D eigenvalue weighted by Gasteiger charge is -2.38. The van der Waals surface area contributed by atoms with Crippen LogP contribution in [0.25, 0.3) is 10.8 Å². The number of amides is 1. The highest BCUT2D eigenvalue weighted by Crippen LogP contribution is 2.34. The molecule has 6 rings (SSSR count). The van der Waals surface area contributed by atoms with Gasteiger partial charge in [-0.3, -0.25) is 9.78 Å². The molecule has 1 amide bonds. The lowest BCUT2D eigenvalue weighted by molar-refractivity contribution is -0.126. The van der Waals surface area contributed by atoms with Crippen molar-refractivity contribution in [3.8, 4) is 12.1 Å². The molecule has 10 heteroatoms. The Labute approximate surface area is 242 Å². The summed E-state index contributed by atoms with van der Waals surface area (Å²) in [5.74, 6) is 0.906. The third-order valence-corrected chi connectivity index (χ3v) is 7.60. The van der Waals surface area contributed by atoms with Gasteiger partial charge in [-0.25, -0.2) is 0 Å². The number of fused-ring (bicyclic) bond motifs is 2. The molecular weight excluding hydrogens is 516 g/mol. The van der Waals surface area contributed by atoms with E-state index in [0.717, 1.165) is 48.6 Å². The predicted molar refractivity (Wildman–Crippen MR) is 162 cm³/mol. The number of hydrogen-bond acceptors (Lipinski definition) is 9. The Balaban J connectivity index is 0.000000372. The molecule has 0 radical (unpaired) electrons. The quantitative estimate of drug-likeness (QED) is 0.446. The SMILES string of the molecule is C=CC(=O)N1CCN(c2nc(OC)nc3c2CCN(c2cccc4ccncc24)C3)CC1.CC#N.CN1CCCC1. The van der Waals surface area contributed by atoms with Crippen molar-refractivity contribution in [3.63, 3.8) is 0 Å². The maximum Gasteiger partial charge on any atom is 0.318 e. The Morgan fingerprint density at radius 3 is 2.41 bits per heavy atom. The highest BCUT2D eigenvalue weighted by molar-refractivity contribution is 5.93. The van der Waals surface area contributed by atoms with E-state index >= 15 is 0 Å². The summed E-state index contributed by atoms with van der Waals surface area (Å²) in [6.07, 6.45) is 8.80. The van der Waals surface area contributed by atoms with Crippen LogP contribution in [-0.4, -0.2) is 90.6 Å². The Morgan fingerprint density at radius 2 is 1.78 bits per heavy atom. The summed E-state index contributed by atoms with van der Waals surface area (Å²) in [5.41, 5.74) is 3.32. The minimum atomic E-state index is -0.0211. The summed E-state index contributed by atoms with van der Waals surface area (Å²) < 4.78 is 5.44. The Bertz CT molecular complexity index is 1370. The fourth-order valence-electron chi connectivity index (χ4n) is 5.46. The summed E-state index contributed by atoms with van der Waals surface area (Å²) >= 11 is 0. The van der Waals surface area contributed by atoms with E-state index in [9.17, 15) is 4.79 Å². The Morgan fingerprint density at radius 1 is 1.05 bits per heavy atom. The molecule has 0 atom stereocenters. The number of rotatable bonds is 4. The zero-order chi connectivity index (χ0) is 29.2. The van der Waals surface area contributed by atoms with Gasteiger partial charge in [0.15, 0.2) is 0 Å². The van der Waals surface area contributed by atoms with E-state index in [2.05, 4.69) is 51.5 Å². The smallest absolute Gasteiger partial charge is 0.318 e. The number of likely N-dealkylation sites (tertiary alicyclic amines) is 1. The van der Waals surface area contributed by atoms with E-state index in [-0.39, 0.29) is 5.91 Å². The fourth-order valence-corrected chi connectivity index (χ4v) is 5.46. The second-order valence-electron chi connectivity index (χ2n) is 10.3. The average Bonchev–Trinajstić information content (AvgIpc) is 3.51. The van der Waals surface area contributed by atoms with Crippen molar-refractivity contribution in [2.24, 2.45) is 0 Å². The molecule has 10 nitrogen and oxygen atoms in total. The fraction of sp³-hybridized carbons (Fsp3) is 0.452. The number of nitriles is 1. The van der Waals surface area contributed by atoms with E-state index in [4.69, 9.17) is 20.0 Å². The van der Waals surface area contributed by atoms with Crippen LogP contribution in [0.3, 0.4) is 0 Å². The number of benzene rings is 1. The number of carbonyl (C=O) groups is 1. The number of piperazine rings is 1. The van der Waals surface area contributed by atoms with Gasteiger partial charge in [0.05, 0.1) is 25.4 Å². The lowest BCUT2D eigenvalue weighted by atomic mass is 10.0. The summed E-state index contributed by atoms with van der Waals surface area (Å²) in [7, 11) is 3.77. The van der Waals surface area contributed by atoms with Gasteiger partial charge in [-0.1, -0.05) is 18.7 Å². The van der Waals surface area contributed by atoms with E-state index < -0.39 is 0 Å². The van der Waals surface area contributed by atoms with Crippen molar-refractivity contribution in [1.29, 1.82) is 5.26 Å². The number of anilines is 2. The van der Waals surface area contributed by atoms with Gasteiger partial charge in [-0.15, -0.1) is 0 Å². The maximum atomic E-state index is 11.9. The first-order valence-corrected chi connectivity index (χ1v) is 14.2. The maximum absolute atomic E-state index is 11.9. The molecule has 216 valence electrons. The second-order valence-corrected chi connectivity index (χ2v) is 10.3. The third-order valence-electron chi connectivity index (χ3n) is 7.60. The molecule has 3 aliphatic heterocycles. The molecule has 2 saturated heterocycles. The van der Waals surface area contributed by atoms with Gasteiger partial charge in [-0.05, 0) is 63.0 Å². The van der Waals surface area contributed by atoms with Crippen LogP contribution in [0.1, 0.15) is 31.0 Å². The van der Waals surface area contributed by atoms with Gasteiger partial charge in [0, 0.05) is 68.7 Å². The zero-order valence-electron chi connectivity index (χ0n) is 24.4. The van der Waals surface area contributed by atoms with Crippen molar-refractivity contribution in [2.75, 3.05) is 69.8 Å². The van der Waals surface area contributed by atoms with Crippen molar-refractivity contribution >= 4 is 28.2 Å². The topological polar surface area (TPSA) is 102 Å². The average molecular weight is 557 g/mol. The van der Waals surface area contributed by atoms with Crippen LogP contribution in [-0.2, 0) is 17.8 Å². The number of hydrogen-bond donors (Lipinski definition) is 0. The first-order valence-electron chi connectivity index (χ1n) is 14.2. The molecule has 0 spiro atoms. The standard InChI is InChI=1S/C24H26N6O2.C5H11N.C2H3N/c1-3-22(31)28-11-13-29(14-12-28)23-18-8-10-30(16-20(18)26-24(27-23)32-2)21-6-4-5-17-7-9-25-15-19(17)21;1-6-4-2-3-5-6;1-2-3/h3-7,9,15H,1,8,10-14,16H2,2H3;2-5H2,1H3;1H3. The van der Waals surface area contributed by atoms with Gasteiger partial charge in [0.1, 0.15) is 5.82 Å². The molecule has 3 aromatic rings. The number of nitrogens with zero attached hydrogens (tertiary/aromatic N) is 8. The molecule has 0 N–H and O–H groups in total. The van der Waals surface area contributed by atoms with Gasteiger partial charge < -0.3 is 24.3 Å². The largest absolute Gasteiger partial charge is 0.467 e. The molecular formula is C31H40N8O2. The highest BCUT2D eigenvalue weighted by Gasteiger charge is 2.28. The summed E-state index contributed by atoms with van der Waals surface area (Å²) in [6, 6.07) is 10.5. The molecule has 3 aliphatic rings. The molecule has 1 aromatic carbocycles. The molecule has 0 saturated carbocycles. The monoisotopic (exact) mass is 556 g/mol. The highest BCUT2D eigenvalue weighted by atomic mass is 16.5. The van der Waals surface area contributed by atoms with Crippen LogP contribution in [0.4, 0.5) is 11.5 Å². The molecule has 0 unspecified atom stereocenters. The van der Waals surface area contributed by atoms with Crippen LogP contribution < -0.4 is 14.5 Å². The molecule has 41 heavy (non-hydrogen) atoms. The van der Waals surface area contributed by atoms with Gasteiger partial charge >= 0.3 is 6.01 Å². The zero-order valence-corrected chi connectivity index (χ0v) is 24.4. The molecule has 5 heterocycles. The van der Waals surface area contributed by atoms with Crippen LogP contribution >= 0.6 is 0 Å². The summed E-state index contributed by atoms with van der Waals surface area (Å²) in [5, 5.41) is 9.64. The Kier molecular flexibility index (Phi) is 10.5. The van der Waals surface area contributed by atoms with Crippen molar-refractivity contribution in [2.45, 2.75) is 32.7 Å². The predicted octanol–water partition coefficient (Wildman–Crippen LogP) is 3.67. The van der Waals surface area contributed by atoms with Crippen molar-refractivity contribution in [3.05, 3.63) is 60.6 Å². The van der Waals surface area contributed by atoms with Crippen LogP contribution in [0, 0.1) is 11.3 Å². The van der Waals surface area contributed by atoms with Gasteiger partial charge in [-0.2, -0.15) is 15.2 Å².